The van der Waals surface area contributed by atoms with Gasteiger partial charge in [0.2, 0.25) is 0 Å². The molecule has 0 saturated carbocycles. The van der Waals surface area contributed by atoms with Crippen molar-refractivity contribution < 1.29 is 14.7 Å². The molecule has 0 aliphatic carbocycles. The molecule has 0 atom stereocenters. The minimum absolute atomic E-state index is 0.0906. The lowest BCUT2D eigenvalue weighted by molar-refractivity contribution is -0.146. The van der Waals surface area contributed by atoms with Crippen molar-refractivity contribution in [2.45, 2.75) is 13.8 Å². The lowest BCUT2D eigenvalue weighted by Gasteiger charge is -2.19. The quantitative estimate of drug-likeness (QED) is 0.891. The molecule has 110 valence electrons. The number of benzene rings is 1. The van der Waals surface area contributed by atoms with Gasteiger partial charge in [-0.05, 0) is 30.9 Å². The van der Waals surface area contributed by atoms with Crippen LogP contribution in [0, 0.1) is 5.41 Å². The van der Waals surface area contributed by atoms with Crippen molar-refractivity contribution >= 4 is 23.2 Å². The molecule has 1 aromatic heterocycles. The number of amides is 1. The molecule has 21 heavy (non-hydrogen) atoms. The summed E-state index contributed by atoms with van der Waals surface area (Å²) in [5, 5.41) is 13.6. The van der Waals surface area contributed by atoms with Crippen LogP contribution in [-0.2, 0) is 4.79 Å². The van der Waals surface area contributed by atoms with Crippen molar-refractivity contribution in [2.75, 3.05) is 6.54 Å². The van der Waals surface area contributed by atoms with Gasteiger partial charge in [-0.25, -0.2) is 0 Å². The average molecular weight is 303 g/mol. The van der Waals surface area contributed by atoms with Gasteiger partial charge in [-0.3, -0.25) is 9.59 Å². The Morgan fingerprint density at radius 2 is 1.86 bits per heavy atom. The largest absolute Gasteiger partial charge is 0.481 e. The molecule has 2 N–H and O–H groups in total. The van der Waals surface area contributed by atoms with Gasteiger partial charge in [0, 0.05) is 12.1 Å². The Morgan fingerprint density at radius 1 is 1.19 bits per heavy atom. The molecule has 0 bridgehead atoms. The third-order valence-electron chi connectivity index (χ3n) is 3.23. The first-order valence-corrected chi connectivity index (χ1v) is 7.44. The third kappa shape index (κ3) is 3.49. The number of aliphatic carboxylic acids is 1. The van der Waals surface area contributed by atoms with Crippen LogP contribution in [0.2, 0.25) is 0 Å². The summed E-state index contributed by atoms with van der Waals surface area (Å²) in [5.74, 6) is -1.17. The molecule has 0 saturated heterocycles. The molecule has 0 radical (unpaired) electrons. The summed E-state index contributed by atoms with van der Waals surface area (Å²) in [6, 6.07) is 11.5. The first-order valence-electron chi connectivity index (χ1n) is 6.56. The van der Waals surface area contributed by atoms with E-state index in [1.54, 1.807) is 13.8 Å². The Labute approximate surface area is 127 Å². The van der Waals surface area contributed by atoms with Crippen molar-refractivity contribution in [3.63, 3.8) is 0 Å². The molecular formula is C16H17NO3S. The zero-order chi connectivity index (χ0) is 15.5. The smallest absolute Gasteiger partial charge is 0.310 e. The van der Waals surface area contributed by atoms with E-state index in [9.17, 15) is 9.59 Å². The summed E-state index contributed by atoms with van der Waals surface area (Å²) in [5.41, 5.74) is 0.854. The summed E-state index contributed by atoms with van der Waals surface area (Å²) >= 11 is 1.35. The van der Waals surface area contributed by atoms with E-state index in [-0.39, 0.29) is 12.5 Å². The van der Waals surface area contributed by atoms with Crippen LogP contribution in [0.5, 0.6) is 0 Å². The van der Waals surface area contributed by atoms with Crippen molar-refractivity contribution in [1.29, 1.82) is 0 Å². The van der Waals surface area contributed by atoms with Crippen LogP contribution >= 0.6 is 11.3 Å². The molecule has 0 unspecified atom stereocenters. The molecule has 5 heteroatoms. The van der Waals surface area contributed by atoms with Crippen LogP contribution in [0.25, 0.3) is 11.1 Å². The molecule has 0 spiro atoms. The van der Waals surface area contributed by atoms with E-state index in [4.69, 9.17) is 5.11 Å². The van der Waals surface area contributed by atoms with Gasteiger partial charge in [-0.15, -0.1) is 11.3 Å². The monoisotopic (exact) mass is 303 g/mol. The van der Waals surface area contributed by atoms with Gasteiger partial charge >= 0.3 is 5.97 Å². The summed E-state index contributed by atoms with van der Waals surface area (Å²) in [6.45, 7) is 3.26. The maximum atomic E-state index is 12.3. The maximum absolute atomic E-state index is 12.3. The zero-order valence-corrected chi connectivity index (χ0v) is 12.7. The number of thiophene rings is 1. The minimum Gasteiger partial charge on any atom is -0.481 e. The van der Waals surface area contributed by atoms with Gasteiger partial charge < -0.3 is 10.4 Å². The van der Waals surface area contributed by atoms with Crippen LogP contribution in [-0.4, -0.2) is 23.5 Å². The molecule has 1 aromatic carbocycles. The van der Waals surface area contributed by atoms with Crippen molar-refractivity contribution in [3.8, 4) is 11.1 Å². The van der Waals surface area contributed by atoms with Gasteiger partial charge in [0.05, 0.1) is 10.3 Å². The Bertz CT molecular complexity index is 647. The topological polar surface area (TPSA) is 66.4 Å². The zero-order valence-electron chi connectivity index (χ0n) is 11.9. The first kappa shape index (κ1) is 15.3. The van der Waals surface area contributed by atoms with Gasteiger partial charge in [0.25, 0.3) is 5.91 Å². The number of carboxylic acids is 1. The number of carbonyl (C=O) groups is 2. The molecule has 2 rings (SSSR count). The molecule has 0 aliphatic heterocycles. The fourth-order valence-corrected chi connectivity index (χ4v) is 2.62. The van der Waals surface area contributed by atoms with Crippen LogP contribution in [0.4, 0.5) is 0 Å². The number of hydrogen-bond donors (Lipinski definition) is 2. The molecule has 2 aromatic rings. The Hall–Kier alpha value is -2.14. The van der Waals surface area contributed by atoms with E-state index in [0.29, 0.717) is 4.88 Å². The Balaban J connectivity index is 2.15. The minimum atomic E-state index is -0.986. The summed E-state index contributed by atoms with van der Waals surface area (Å²) in [7, 11) is 0. The fraction of sp³-hybridized carbons (Fsp3) is 0.250. The molecule has 0 fully saturated rings. The Kier molecular flexibility index (Phi) is 4.43. The van der Waals surface area contributed by atoms with Crippen molar-refractivity contribution in [1.82, 2.24) is 5.32 Å². The van der Waals surface area contributed by atoms with Gasteiger partial charge in [0.1, 0.15) is 0 Å². The van der Waals surface area contributed by atoms with Crippen molar-refractivity contribution in [2.24, 2.45) is 5.41 Å². The summed E-state index contributed by atoms with van der Waals surface area (Å²) in [6.07, 6.45) is 0. The van der Waals surface area contributed by atoms with Gasteiger partial charge in [-0.1, -0.05) is 30.3 Å². The number of carbonyl (C=O) groups excluding carboxylic acids is 1. The van der Waals surface area contributed by atoms with Gasteiger partial charge in [-0.2, -0.15) is 0 Å². The normalized spacial score (nSPS) is 11.1. The van der Waals surface area contributed by atoms with E-state index in [1.165, 1.54) is 11.3 Å². The predicted molar refractivity (Wildman–Crippen MR) is 83.5 cm³/mol. The second-order valence-electron chi connectivity index (χ2n) is 5.40. The van der Waals surface area contributed by atoms with Crippen LogP contribution in [0.3, 0.4) is 0 Å². The number of nitrogens with one attached hydrogen (secondary N) is 1. The lowest BCUT2D eigenvalue weighted by atomic mass is 9.94. The predicted octanol–water partition coefficient (Wildman–Crippen LogP) is 3.26. The highest BCUT2D eigenvalue weighted by atomic mass is 32.1. The van der Waals surface area contributed by atoms with Gasteiger partial charge in [0.15, 0.2) is 0 Å². The van der Waals surface area contributed by atoms with E-state index in [1.807, 2.05) is 41.8 Å². The summed E-state index contributed by atoms with van der Waals surface area (Å²) in [4.78, 5) is 23.9. The average Bonchev–Trinajstić information content (AvgIpc) is 2.95. The Morgan fingerprint density at radius 3 is 2.48 bits per heavy atom. The van der Waals surface area contributed by atoms with E-state index in [0.717, 1.165) is 11.1 Å². The molecular weight excluding hydrogens is 286 g/mol. The maximum Gasteiger partial charge on any atom is 0.310 e. The third-order valence-corrected chi connectivity index (χ3v) is 4.14. The number of hydrogen-bond acceptors (Lipinski definition) is 3. The summed E-state index contributed by atoms with van der Waals surface area (Å²) < 4.78 is 0. The molecule has 1 amide bonds. The van der Waals surface area contributed by atoms with Crippen LogP contribution in [0.15, 0.2) is 41.8 Å². The molecule has 0 aliphatic rings. The second kappa shape index (κ2) is 6.10. The standard InChI is InChI=1S/C16H17NO3S/c1-16(2,15(19)20)10-17-14(18)13-12(8-9-21-13)11-6-4-3-5-7-11/h3-9H,10H2,1-2H3,(H,17,18)(H,19,20). The highest BCUT2D eigenvalue weighted by molar-refractivity contribution is 7.12. The van der Waals surface area contributed by atoms with E-state index >= 15 is 0 Å². The second-order valence-corrected chi connectivity index (χ2v) is 6.32. The fourth-order valence-electron chi connectivity index (χ4n) is 1.79. The highest BCUT2D eigenvalue weighted by Gasteiger charge is 2.28. The van der Waals surface area contributed by atoms with E-state index in [2.05, 4.69) is 5.32 Å². The highest BCUT2D eigenvalue weighted by Crippen LogP contribution is 2.28. The first-order chi connectivity index (χ1) is 9.92. The molecule has 1 heterocycles. The van der Waals surface area contributed by atoms with E-state index < -0.39 is 11.4 Å². The number of rotatable bonds is 5. The SMILES string of the molecule is CC(C)(CNC(=O)c1sccc1-c1ccccc1)C(=O)O. The lowest BCUT2D eigenvalue weighted by Crippen LogP contribution is -2.38. The molecule has 4 nitrogen and oxygen atoms in total. The van der Waals surface area contributed by atoms with Crippen molar-refractivity contribution in [3.05, 3.63) is 46.7 Å². The van der Waals surface area contributed by atoms with Crippen LogP contribution in [0.1, 0.15) is 23.5 Å². The van der Waals surface area contributed by atoms with Crippen LogP contribution < -0.4 is 5.32 Å². The number of carboxylic acid groups (broad SMARTS) is 1.